The molecule has 218 valence electrons. The van der Waals surface area contributed by atoms with Crippen LogP contribution in [-0.2, 0) is 4.79 Å². The summed E-state index contributed by atoms with van der Waals surface area (Å²) in [6.07, 6.45) is 10.3. The lowest BCUT2D eigenvalue weighted by atomic mass is 9.63. The fourth-order valence-electron chi connectivity index (χ4n) is 8.41. The van der Waals surface area contributed by atoms with Crippen LogP contribution >= 0.6 is 11.6 Å². The highest BCUT2D eigenvalue weighted by Gasteiger charge is 2.49. The summed E-state index contributed by atoms with van der Waals surface area (Å²) in [5.74, 6) is -0.512. The van der Waals surface area contributed by atoms with Gasteiger partial charge in [-0.3, -0.25) is 14.6 Å². The van der Waals surface area contributed by atoms with Crippen molar-refractivity contribution in [2.45, 2.75) is 113 Å². The predicted octanol–water partition coefficient (Wildman–Crippen LogP) is 1.51. The maximum Gasteiger partial charge on any atom is 0.227 e. The number of halogens is 2. The fourth-order valence-corrected chi connectivity index (χ4v) is 8.61. The summed E-state index contributed by atoms with van der Waals surface area (Å²) < 4.78 is 13.8. The number of carbonyl (C=O) groups excluding carboxylic acids is 1. The number of nitrogens with one attached hydrogen (secondary N) is 3. The lowest BCUT2D eigenvalue weighted by molar-refractivity contribution is -0.130. The van der Waals surface area contributed by atoms with Gasteiger partial charge in [0, 0.05) is 62.8 Å². The second kappa shape index (κ2) is 13.0. The summed E-state index contributed by atoms with van der Waals surface area (Å²) in [6, 6.07) is 0.739. The average molecular weight is 556 g/mol. The van der Waals surface area contributed by atoms with Crippen LogP contribution in [0.4, 0.5) is 4.39 Å². The molecule has 4 aliphatic heterocycles. The molecule has 5 fully saturated rings. The molecule has 4 heterocycles. The minimum atomic E-state index is -0.733. The normalized spacial score (nSPS) is 36.8. The lowest BCUT2D eigenvalue weighted by Gasteiger charge is -2.48. The molecule has 0 aromatic carbocycles. The number of likely N-dealkylation sites (tertiary alicyclic amines) is 2. The Kier molecular flexibility index (Phi) is 9.88. The number of piperidine rings is 2. The number of alkyl halides is 2. The van der Waals surface area contributed by atoms with Crippen molar-refractivity contribution < 1.29 is 9.18 Å². The number of rotatable bonds is 6. The molecular formula is C28H51ClFN7O. The largest absolute Gasteiger partial charge is 0.350 e. The molecular weight excluding hydrogens is 505 g/mol. The monoisotopic (exact) mass is 555 g/mol. The summed E-state index contributed by atoms with van der Waals surface area (Å²) >= 11 is 6.61. The van der Waals surface area contributed by atoms with Gasteiger partial charge >= 0.3 is 0 Å². The van der Waals surface area contributed by atoms with Gasteiger partial charge < -0.3 is 27.4 Å². The van der Waals surface area contributed by atoms with Crippen molar-refractivity contribution in [3.05, 3.63) is 0 Å². The molecule has 0 aromatic rings. The Balaban J connectivity index is 1.25. The summed E-state index contributed by atoms with van der Waals surface area (Å²) in [5.41, 5.74) is 12.8. The van der Waals surface area contributed by atoms with Gasteiger partial charge in [-0.15, -0.1) is 11.6 Å². The number of hydrogen-bond acceptors (Lipinski definition) is 7. The van der Waals surface area contributed by atoms with Crippen molar-refractivity contribution in [3.63, 3.8) is 0 Å². The van der Waals surface area contributed by atoms with Crippen LogP contribution in [0.5, 0.6) is 0 Å². The standard InChI is InChI=1S/C28H51ClFN7O/c29-19-4-11-28(9-2-1-3-10-28)25(34-16-19)24(26(31)32)27(38)35-22-17-33-12-5-23(22)36-14-7-21(8-15-36)37-13-6-20(30)18-37/h19-26,33-34H,1-18,31-32H2,(H,35,38)/t19?,20-,22?,23?,24?,25?/m0/s1. The molecule has 1 saturated carbocycles. The molecule has 6 atom stereocenters. The van der Waals surface area contributed by atoms with Crippen molar-refractivity contribution in [2.75, 3.05) is 45.8 Å². The first kappa shape index (κ1) is 29.0. The molecule has 5 rings (SSSR count). The highest BCUT2D eigenvalue weighted by atomic mass is 35.5. The Morgan fingerprint density at radius 1 is 0.974 bits per heavy atom. The zero-order valence-electron chi connectivity index (χ0n) is 23.1. The number of nitrogens with zero attached hydrogens (tertiary/aromatic N) is 2. The van der Waals surface area contributed by atoms with Crippen LogP contribution in [0.15, 0.2) is 0 Å². The third kappa shape index (κ3) is 6.50. The van der Waals surface area contributed by atoms with Crippen molar-refractivity contribution in [1.82, 2.24) is 25.8 Å². The van der Waals surface area contributed by atoms with Crippen LogP contribution in [0.2, 0.25) is 0 Å². The Hall–Kier alpha value is -0.550. The van der Waals surface area contributed by atoms with E-state index in [2.05, 4.69) is 25.8 Å². The van der Waals surface area contributed by atoms with Gasteiger partial charge in [-0.25, -0.2) is 4.39 Å². The Morgan fingerprint density at radius 2 is 1.71 bits per heavy atom. The van der Waals surface area contributed by atoms with Gasteiger partial charge in [0.25, 0.3) is 0 Å². The topological polar surface area (TPSA) is 112 Å². The lowest BCUT2D eigenvalue weighted by Crippen LogP contribution is -2.66. The van der Waals surface area contributed by atoms with Crippen molar-refractivity contribution in [2.24, 2.45) is 22.8 Å². The SMILES string of the molecule is NC(N)C(C(=O)NC1CNCCC1N1CCC(N2CC[C@H](F)C2)CC1)C1NCC(Cl)CCC12CCCCC2. The first-order valence-electron chi connectivity index (χ1n) is 15.4. The second-order valence-electron chi connectivity index (χ2n) is 12.9. The molecule has 10 heteroatoms. The zero-order chi connectivity index (χ0) is 26.7. The van der Waals surface area contributed by atoms with E-state index in [0.717, 1.165) is 77.7 Å². The molecule has 8 nitrogen and oxygen atoms in total. The maximum absolute atomic E-state index is 14.0. The predicted molar refractivity (Wildman–Crippen MR) is 151 cm³/mol. The molecule has 0 bridgehead atoms. The second-order valence-corrected chi connectivity index (χ2v) is 13.5. The van der Waals surface area contributed by atoms with E-state index in [1.807, 2.05) is 0 Å². The van der Waals surface area contributed by atoms with Crippen molar-refractivity contribution in [3.8, 4) is 0 Å². The van der Waals surface area contributed by atoms with Gasteiger partial charge in [0.05, 0.1) is 18.1 Å². The Morgan fingerprint density at radius 3 is 2.39 bits per heavy atom. The van der Waals surface area contributed by atoms with Gasteiger partial charge in [0.15, 0.2) is 0 Å². The highest BCUT2D eigenvalue weighted by molar-refractivity contribution is 6.20. The van der Waals surface area contributed by atoms with E-state index in [-0.39, 0.29) is 28.8 Å². The third-order valence-electron chi connectivity index (χ3n) is 10.5. The first-order valence-corrected chi connectivity index (χ1v) is 15.8. The molecule has 0 radical (unpaired) electrons. The molecule has 1 amide bonds. The molecule has 5 unspecified atom stereocenters. The molecule has 5 aliphatic rings. The molecule has 0 aromatic heterocycles. The molecule has 38 heavy (non-hydrogen) atoms. The van der Waals surface area contributed by atoms with E-state index in [1.54, 1.807) is 0 Å². The molecule has 7 N–H and O–H groups in total. The van der Waals surface area contributed by atoms with Crippen LogP contribution in [0.3, 0.4) is 0 Å². The summed E-state index contributed by atoms with van der Waals surface area (Å²) in [7, 11) is 0. The van der Waals surface area contributed by atoms with Gasteiger partial charge in [0.2, 0.25) is 5.91 Å². The first-order chi connectivity index (χ1) is 18.4. The van der Waals surface area contributed by atoms with Crippen LogP contribution in [-0.4, -0.2) is 103 Å². The number of carbonyl (C=O) groups is 1. The van der Waals surface area contributed by atoms with E-state index >= 15 is 0 Å². The van der Waals surface area contributed by atoms with Crippen LogP contribution in [0.1, 0.15) is 70.6 Å². The van der Waals surface area contributed by atoms with Gasteiger partial charge in [-0.05, 0) is 63.3 Å². The minimum Gasteiger partial charge on any atom is -0.350 e. The van der Waals surface area contributed by atoms with Gasteiger partial charge in [-0.1, -0.05) is 19.3 Å². The summed E-state index contributed by atoms with van der Waals surface area (Å²) in [4.78, 5) is 18.9. The van der Waals surface area contributed by atoms with Gasteiger partial charge in [-0.2, -0.15) is 0 Å². The smallest absolute Gasteiger partial charge is 0.227 e. The highest BCUT2D eigenvalue weighted by Crippen LogP contribution is 2.47. The van der Waals surface area contributed by atoms with Gasteiger partial charge in [0.1, 0.15) is 6.17 Å². The molecule has 4 saturated heterocycles. The maximum atomic E-state index is 14.0. The number of hydrogen-bond donors (Lipinski definition) is 5. The average Bonchev–Trinajstić information content (AvgIpc) is 3.30. The van der Waals surface area contributed by atoms with E-state index in [1.165, 1.54) is 19.3 Å². The number of nitrogens with two attached hydrogens (primary N) is 2. The van der Waals surface area contributed by atoms with Crippen LogP contribution < -0.4 is 27.4 Å². The quantitative estimate of drug-likeness (QED) is 0.249. The molecule has 1 aliphatic carbocycles. The summed E-state index contributed by atoms with van der Waals surface area (Å²) in [6.45, 7) is 5.88. The minimum absolute atomic E-state index is 0.0184. The van der Waals surface area contributed by atoms with E-state index in [0.29, 0.717) is 31.6 Å². The molecule has 1 spiro atoms. The zero-order valence-corrected chi connectivity index (χ0v) is 23.8. The Labute approximate surface area is 233 Å². The van der Waals surface area contributed by atoms with E-state index in [4.69, 9.17) is 23.1 Å². The van der Waals surface area contributed by atoms with Crippen molar-refractivity contribution in [1.29, 1.82) is 0 Å². The third-order valence-corrected chi connectivity index (χ3v) is 10.9. The van der Waals surface area contributed by atoms with Crippen molar-refractivity contribution >= 4 is 17.5 Å². The van der Waals surface area contributed by atoms with E-state index < -0.39 is 18.3 Å². The number of amides is 1. The van der Waals surface area contributed by atoms with Crippen LogP contribution in [0, 0.1) is 11.3 Å². The van der Waals surface area contributed by atoms with E-state index in [9.17, 15) is 9.18 Å². The van der Waals surface area contributed by atoms with Crippen LogP contribution in [0.25, 0.3) is 0 Å². The summed E-state index contributed by atoms with van der Waals surface area (Å²) in [5, 5.41) is 10.7. The fraction of sp³-hybridized carbons (Fsp3) is 0.964. The Bertz CT molecular complexity index is 776.